The second-order valence-electron chi connectivity index (χ2n) is 8.59. The van der Waals surface area contributed by atoms with Gasteiger partial charge in [0.2, 0.25) is 0 Å². The van der Waals surface area contributed by atoms with Crippen molar-refractivity contribution in [1.29, 1.82) is 0 Å². The van der Waals surface area contributed by atoms with Crippen molar-refractivity contribution in [2.24, 2.45) is 10.8 Å². The summed E-state index contributed by atoms with van der Waals surface area (Å²) >= 11 is 0. The molecule has 2 aliphatic carbocycles. The zero-order chi connectivity index (χ0) is 14.4. The Bertz CT molecular complexity index is 482. The lowest BCUT2D eigenvalue weighted by Crippen LogP contribution is -2.40. The number of hydrogen-bond acceptors (Lipinski definition) is 1. The average molecular weight is 271 g/mol. The molecule has 0 saturated heterocycles. The lowest BCUT2D eigenvalue weighted by atomic mass is 9.63. The van der Waals surface area contributed by atoms with Crippen LogP contribution >= 0.6 is 0 Å². The molecule has 0 unspecified atom stereocenters. The van der Waals surface area contributed by atoms with Crippen LogP contribution in [-0.2, 0) is 12.8 Å². The fourth-order valence-corrected chi connectivity index (χ4v) is 4.85. The molecule has 20 heavy (non-hydrogen) atoms. The molecule has 0 atom stereocenters. The van der Waals surface area contributed by atoms with Gasteiger partial charge in [-0.2, -0.15) is 0 Å². The van der Waals surface area contributed by atoms with Crippen LogP contribution in [0.4, 0.5) is 5.69 Å². The number of nitrogens with one attached hydrogen (secondary N) is 1. The monoisotopic (exact) mass is 271 g/mol. The maximum atomic E-state index is 3.82. The van der Waals surface area contributed by atoms with Gasteiger partial charge in [0.15, 0.2) is 0 Å². The maximum absolute atomic E-state index is 3.82. The summed E-state index contributed by atoms with van der Waals surface area (Å²) in [6.07, 6.45) is 7.79. The van der Waals surface area contributed by atoms with E-state index >= 15 is 0 Å². The molecule has 1 fully saturated rings. The molecule has 0 bridgehead atoms. The van der Waals surface area contributed by atoms with E-state index in [0.717, 1.165) is 0 Å². The quantitative estimate of drug-likeness (QED) is 0.780. The summed E-state index contributed by atoms with van der Waals surface area (Å²) < 4.78 is 0. The third-order valence-electron chi connectivity index (χ3n) is 5.02. The highest BCUT2D eigenvalue weighted by Crippen LogP contribution is 2.46. The molecule has 0 amide bonds. The largest absolute Gasteiger partial charge is 0.382 e. The Balaban J connectivity index is 1.74. The van der Waals surface area contributed by atoms with Crippen LogP contribution in [0.1, 0.15) is 64.5 Å². The van der Waals surface area contributed by atoms with Crippen molar-refractivity contribution >= 4 is 5.69 Å². The predicted octanol–water partition coefficient (Wildman–Crippen LogP) is 5.19. The molecule has 110 valence electrons. The Labute approximate surface area is 124 Å². The van der Waals surface area contributed by atoms with Crippen LogP contribution in [0.5, 0.6) is 0 Å². The van der Waals surface area contributed by atoms with Crippen molar-refractivity contribution in [3.8, 4) is 0 Å². The van der Waals surface area contributed by atoms with Crippen LogP contribution in [0.2, 0.25) is 0 Å². The lowest BCUT2D eigenvalue weighted by molar-refractivity contribution is 0.105. The lowest BCUT2D eigenvalue weighted by Gasteiger charge is -2.45. The summed E-state index contributed by atoms with van der Waals surface area (Å²) in [6.45, 7) is 9.69. The molecule has 1 saturated carbocycles. The Kier molecular flexibility index (Phi) is 3.35. The minimum Gasteiger partial charge on any atom is -0.382 e. The van der Waals surface area contributed by atoms with E-state index in [1.807, 2.05) is 0 Å². The fourth-order valence-electron chi connectivity index (χ4n) is 4.85. The van der Waals surface area contributed by atoms with E-state index in [1.165, 1.54) is 44.2 Å². The third-order valence-corrected chi connectivity index (χ3v) is 5.02. The molecule has 1 N–H and O–H groups in total. The smallest absolute Gasteiger partial charge is 0.0345 e. The van der Waals surface area contributed by atoms with Gasteiger partial charge in [0.05, 0.1) is 0 Å². The first-order valence-electron chi connectivity index (χ1n) is 8.21. The van der Waals surface area contributed by atoms with Crippen molar-refractivity contribution in [3.63, 3.8) is 0 Å². The topological polar surface area (TPSA) is 12.0 Å². The van der Waals surface area contributed by atoms with Gasteiger partial charge in [-0.3, -0.25) is 0 Å². The summed E-state index contributed by atoms with van der Waals surface area (Å²) in [6, 6.07) is 7.65. The third kappa shape index (κ3) is 3.02. The van der Waals surface area contributed by atoms with Gasteiger partial charge in [0.25, 0.3) is 0 Å². The van der Waals surface area contributed by atoms with E-state index in [0.29, 0.717) is 16.9 Å². The summed E-state index contributed by atoms with van der Waals surface area (Å²) in [5.41, 5.74) is 5.39. The van der Waals surface area contributed by atoms with E-state index in [1.54, 1.807) is 11.1 Å². The molecule has 3 rings (SSSR count). The molecule has 1 aromatic carbocycles. The molecule has 0 spiro atoms. The molecule has 1 nitrogen and oxygen atoms in total. The van der Waals surface area contributed by atoms with Gasteiger partial charge in [0, 0.05) is 11.7 Å². The molecule has 0 aliphatic heterocycles. The van der Waals surface area contributed by atoms with Crippen LogP contribution in [0, 0.1) is 10.8 Å². The van der Waals surface area contributed by atoms with E-state index in [4.69, 9.17) is 0 Å². The van der Waals surface area contributed by atoms with Crippen LogP contribution < -0.4 is 5.32 Å². The van der Waals surface area contributed by atoms with E-state index in [9.17, 15) is 0 Å². The fraction of sp³-hybridized carbons (Fsp3) is 0.684. The van der Waals surface area contributed by atoms with E-state index < -0.39 is 0 Å². The van der Waals surface area contributed by atoms with Gasteiger partial charge < -0.3 is 5.32 Å². The van der Waals surface area contributed by atoms with Crippen molar-refractivity contribution in [3.05, 3.63) is 29.3 Å². The van der Waals surface area contributed by atoms with Crippen molar-refractivity contribution in [2.75, 3.05) is 5.32 Å². The molecular weight excluding hydrogens is 242 g/mol. The molecular formula is C19H29N. The minimum atomic E-state index is 0.455. The Morgan fingerprint density at radius 1 is 0.950 bits per heavy atom. The molecule has 0 radical (unpaired) electrons. The highest BCUT2D eigenvalue weighted by atomic mass is 14.9. The molecule has 2 aliphatic rings. The number of anilines is 1. The zero-order valence-electron chi connectivity index (χ0n) is 13.6. The van der Waals surface area contributed by atoms with Crippen LogP contribution in [0.25, 0.3) is 0 Å². The molecule has 0 heterocycles. The second kappa shape index (κ2) is 4.79. The summed E-state index contributed by atoms with van der Waals surface area (Å²) in [7, 11) is 0. The number of fused-ring (bicyclic) bond motifs is 1. The van der Waals surface area contributed by atoms with Crippen molar-refractivity contribution in [1.82, 2.24) is 0 Å². The average Bonchev–Trinajstić information content (AvgIpc) is 2.71. The van der Waals surface area contributed by atoms with Crippen molar-refractivity contribution in [2.45, 2.75) is 72.3 Å². The Morgan fingerprint density at radius 3 is 2.30 bits per heavy atom. The predicted molar refractivity (Wildman–Crippen MR) is 87.3 cm³/mol. The standard InChI is InChI=1S/C19H29N/c1-18(2)11-17(12-19(3,4)13-18)20-16-9-8-14-6-5-7-15(14)10-16/h8-10,17,20H,5-7,11-13H2,1-4H3. The van der Waals surface area contributed by atoms with E-state index in [-0.39, 0.29) is 0 Å². The van der Waals surface area contributed by atoms with Crippen LogP contribution in [0.3, 0.4) is 0 Å². The highest BCUT2D eigenvalue weighted by Gasteiger charge is 2.38. The highest BCUT2D eigenvalue weighted by molar-refractivity contribution is 5.50. The molecule has 1 aromatic rings. The number of rotatable bonds is 2. The van der Waals surface area contributed by atoms with Crippen molar-refractivity contribution < 1.29 is 0 Å². The first-order chi connectivity index (χ1) is 9.33. The van der Waals surface area contributed by atoms with Gasteiger partial charge in [-0.25, -0.2) is 0 Å². The SMILES string of the molecule is CC1(C)CC(Nc2ccc3c(c2)CCC3)CC(C)(C)C1. The maximum Gasteiger partial charge on any atom is 0.0345 e. The first kappa shape index (κ1) is 14.0. The minimum absolute atomic E-state index is 0.455. The van der Waals surface area contributed by atoms with Crippen LogP contribution in [0.15, 0.2) is 18.2 Å². The van der Waals surface area contributed by atoms with Gasteiger partial charge in [-0.05, 0) is 72.6 Å². The number of benzene rings is 1. The zero-order valence-corrected chi connectivity index (χ0v) is 13.6. The van der Waals surface area contributed by atoms with Gasteiger partial charge in [-0.1, -0.05) is 33.8 Å². The summed E-state index contributed by atoms with van der Waals surface area (Å²) in [5.74, 6) is 0. The number of aryl methyl sites for hydroxylation is 2. The van der Waals surface area contributed by atoms with Gasteiger partial charge >= 0.3 is 0 Å². The summed E-state index contributed by atoms with van der Waals surface area (Å²) in [5, 5.41) is 3.82. The first-order valence-corrected chi connectivity index (χ1v) is 8.21. The Hall–Kier alpha value is -0.980. The normalized spacial score (nSPS) is 24.4. The molecule has 1 heteroatoms. The van der Waals surface area contributed by atoms with Gasteiger partial charge in [-0.15, -0.1) is 0 Å². The van der Waals surface area contributed by atoms with Crippen LogP contribution in [-0.4, -0.2) is 6.04 Å². The Morgan fingerprint density at radius 2 is 1.60 bits per heavy atom. The second-order valence-corrected chi connectivity index (χ2v) is 8.59. The van der Waals surface area contributed by atoms with Gasteiger partial charge in [0.1, 0.15) is 0 Å². The summed E-state index contributed by atoms with van der Waals surface area (Å²) in [4.78, 5) is 0. The number of hydrogen-bond donors (Lipinski definition) is 1. The molecule has 0 aromatic heterocycles. The van der Waals surface area contributed by atoms with E-state index in [2.05, 4.69) is 51.2 Å².